The van der Waals surface area contributed by atoms with Crippen molar-refractivity contribution in [3.05, 3.63) is 59.2 Å². The average Bonchev–Trinajstić information content (AvgIpc) is 2.62. The van der Waals surface area contributed by atoms with Crippen LogP contribution in [0.1, 0.15) is 40.2 Å². The van der Waals surface area contributed by atoms with Crippen LogP contribution in [0.4, 0.5) is 5.69 Å². The summed E-state index contributed by atoms with van der Waals surface area (Å²) in [6, 6.07) is 12.6. The number of sulfone groups is 1. The molecule has 0 radical (unpaired) electrons. The Balaban J connectivity index is 1.75. The third-order valence-corrected chi connectivity index (χ3v) is 5.97. The number of benzene rings is 2. The van der Waals surface area contributed by atoms with Crippen molar-refractivity contribution in [3.8, 4) is 0 Å². The number of piperidine rings is 1. The van der Waals surface area contributed by atoms with E-state index in [4.69, 9.17) is 0 Å². The Kier molecular flexibility index (Phi) is 5.44. The molecule has 1 fully saturated rings. The van der Waals surface area contributed by atoms with Gasteiger partial charge in [-0.25, -0.2) is 8.42 Å². The molecule has 2 aromatic rings. The van der Waals surface area contributed by atoms with Crippen LogP contribution in [0.3, 0.4) is 0 Å². The van der Waals surface area contributed by atoms with Crippen LogP contribution in [-0.2, 0) is 9.84 Å². The van der Waals surface area contributed by atoms with Gasteiger partial charge in [0.2, 0.25) is 0 Å². The minimum Gasteiger partial charge on any atom is -0.322 e. The van der Waals surface area contributed by atoms with Gasteiger partial charge in [-0.05, 0) is 74.2 Å². The quantitative estimate of drug-likeness (QED) is 0.865. The van der Waals surface area contributed by atoms with E-state index in [1.165, 1.54) is 17.7 Å². The molecule has 0 unspecified atom stereocenters. The Morgan fingerprint density at radius 2 is 1.73 bits per heavy atom. The molecule has 1 heterocycles. The summed E-state index contributed by atoms with van der Waals surface area (Å²) in [4.78, 5) is 12.7. The van der Waals surface area contributed by atoms with Crippen molar-refractivity contribution in [2.45, 2.75) is 30.6 Å². The van der Waals surface area contributed by atoms with Gasteiger partial charge in [-0.2, -0.15) is 0 Å². The van der Waals surface area contributed by atoms with Gasteiger partial charge < -0.3 is 10.6 Å². The molecule has 3 rings (SSSR count). The fourth-order valence-corrected chi connectivity index (χ4v) is 3.92. The fraction of sp³-hybridized carbons (Fsp3) is 0.350. The molecule has 2 N–H and O–H groups in total. The lowest BCUT2D eigenvalue weighted by Crippen LogP contribution is -2.26. The lowest BCUT2D eigenvalue weighted by molar-refractivity contribution is 0.102. The second-order valence-electron chi connectivity index (χ2n) is 6.85. The van der Waals surface area contributed by atoms with Gasteiger partial charge in [-0.15, -0.1) is 0 Å². The number of hydrogen-bond acceptors (Lipinski definition) is 4. The predicted octanol–water partition coefficient (Wildman–Crippen LogP) is 3.12. The Hall–Kier alpha value is -2.18. The Bertz CT molecular complexity index is 899. The van der Waals surface area contributed by atoms with Crippen molar-refractivity contribution in [1.82, 2.24) is 5.32 Å². The van der Waals surface area contributed by atoms with Crippen LogP contribution < -0.4 is 10.6 Å². The summed E-state index contributed by atoms with van der Waals surface area (Å²) in [5, 5.41) is 6.22. The molecule has 0 bridgehead atoms. The van der Waals surface area contributed by atoms with E-state index in [0.29, 0.717) is 17.2 Å². The van der Waals surface area contributed by atoms with Crippen molar-refractivity contribution in [1.29, 1.82) is 0 Å². The molecule has 0 atom stereocenters. The zero-order valence-corrected chi connectivity index (χ0v) is 15.9. The smallest absolute Gasteiger partial charge is 0.255 e. The first kappa shape index (κ1) is 18.6. The summed E-state index contributed by atoms with van der Waals surface area (Å²) in [5.74, 6) is 0.261. The average molecular weight is 372 g/mol. The standard InChI is InChI=1S/C20H24N2O3S/c1-14-3-8-18(26(2,24)25)13-19(14)20(23)22-17-6-4-15(5-7-17)16-9-11-21-12-10-16/h3-8,13,16,21H,9-12H2,1-2H3,(H,22,23). The molecule has 0 aromatic heterocycles. The first-order chi connectivity index (χ1) is 12.3. The lowest BCUT2D eigenvalue weighted by Gasteiger charge is -2.23. The molecule has 5 nitrogen and oxygen atoms in total. The molecule has 1 saturated heterocycles. The van der Waals surface area contributed by atoms with Crippen molar-refractivity contribution in [2.24, 2.45) is 0 Å². The Morgan fingerprint density at radius 1 is 1.08 bits per heavy atom. The number of carbonyl (C=O) groups excluding carboxylic acids is 1. The lowest BCUT2D eigenvalue weighted by atomic mass is 9.90. The van der Waals surface area contributed by atoms with Crippen LogP contribution in [-0.4, -0.2) is 33.7 Å². The first-order valence-electron chi connectivity index (χ1n) is 8.77. The largest absolute Gasteiger partial charge is 0.322 e. The van der Waals surface area contributed by atoms with Crippen LogP contribution in [0, 0.1) is 6.92 Å². The van der Waals surface area contributed by atoms with Crippen molar-refractivity contribution < 1.29 is 13.2 Å². The zero-order chi connectivity index (χ0) is 18.7. The van der Waals surface area contributed by atoms with Gasteiger partial charge in [0.1, 0.15) is 0 Å². The molecule has 2 aromatic carbocycles. The van der Waals surface area contributed by atoms with E-state index in [0.717, 1.165) is 37.8 Å². The predicted molar refractivity (Wildman–Crippen MR) is 104 cm³/mol. The van der Waals surface area contributed by atoms with Gasteiger partial charge in [0.15, 0.2) is 9.84 Å². The molecule has 6 heteroatoms. The molecule has 138 valence electrons. The van der Waals surface area contributed by atoms with Gasteiger partial charge in [0.05, 0.1) is 4.90 Å². The molecular formula is C20H24N2O3S. The zero-order valence-electron chi connectivity index (χ0n) is 15.1. The van der Waals surface area contributed by atoms with Gasteiger partial charge in [0.25, 0.3) is 5.91 Å². The molecule has 1 aliphatic heterocycles. The van der Waals surface area contributed by atoms with Crippen molar-refractivity contribution in [2.75, 3.05) is 24.7 Å². The second-order valence-corrected chi connectivity index (χ2v) is 8.87. The minimum absolute atomic E-state index is 0.148. The molecule has 26 heavy (non-hydrogen) atoms. The number of anilines is 1. The Morgan fingerprint density at radius 3 is 2.35 bits per heavy atom. The summed E-state index contributed by atoms with van der Waals surface area (Å²) < 4.78 is 23.5. The highest BCUT2D eigenvalue weighted by Gasteiger charge is 2.16. The van der Waals surface area contributed by atoms with E-state index in [1.54, 1.807) is 13.0 Å². The van der Waals surface area contributed by atoms with Crippen LogP contribution in [0.5, 0.6) is 0 Å². The van der Waals surface area contributed by atoms with Crippen LogP contribution in [0.2, 0.25) is 0 Å². The number of amides is 1. The molecule has 1 aliphatic rings. The minimum atomic E-state index is -3.35. The van der Waals surface area contributed by atoms with Gasteiger partial charge in [0, 0.05) is 17.5 Å². The highest BCUT2D eigenvalue weighted by Crippen LogP contribution is 2.26. The molecule has 1 amide bonds. The van der Waals surface area contributed by atoms with Crippen molar-refractivity contribution in [3.63, 3.8) is 0 Å². The van der Waals surface area contributed by atoms with E-state index in [9.17, 15) is 13.2 Å². The van der Waals surface area contributed by atoms with E-state index in [-0.39, 0.29) is 10.8 Å². The second kappa shape index (κ2) is 7.60. The van der Waals surface area contributed by atoms with E-state index >= 15 is 0 Å². The molecule has 0 aliphatic carbocycles. The van der Waals surface area contributed by atoms with Gasteiger partial charge >= 0.3 is 0 Å². The number of rotatable bonds is 4. The summed E-state index contributed by atoms with van der Waals surface area (Å²) >= 11 is 0. The normalized spacial score (nSPS) is 15.6. The number of carbonyl (C=O) groups is 1. The molecular weight excluding hydrogens is 348 g/mol. The topological polar surface area (TPSA) is 75.3 Å². The third-order valence-electron chi connectivity index (χ3n) is 4.86. The van der Waals surface area contributed by atoms with Crippen LogP contribution in [0.15, 0.2) is 47.4 Å². The maximum atomic E-state index is 12.6. The summed E-state index contributed by atoms with van der Waals surface area (Å²) in [7, 11) is -3.35. The SMILES string of the molecule is Cc1ccc(S(C)(=O)=O)cc1C(=O)Nc1ccc(C2CCNCC2)cc1. The van der Waals surface area contributed by atoms with Crippen LogP contribution >= 0.6 is 0 Å². The number of nitrogens with one attached hydrogen (secondary N) is 2. The maximum Gasteiger partial charge on any atom is 0.255 e. The van der Waals surface area contributed by atoms with E-state index < -0.39 is 9.84 Å². The highest BCUT2D eigenvalue weighted by atomic mass is 32.2. The summed E-state index contributed by atoms with van der Waals surface area (Å²) in [6.45, 7) is 3.87. The first-order valence-corrected chi connectivity index (χ1v) is 10.7. The maximum absolute atomic E-state index is 12.6. The number of hydrogen-bond donors (Lipinski definition) is 2. The van der Waals surface area contributed by atoms with Gasteiger partial charge in [-0.1, -0.05) is 18.2 Å². The monoisotopic (exact) mass is 372 g/mol. The van der Waals surface area contributed by atoms with Crippen LogP contribution in [0.25, 0.3) is 0 Å². The van der Waals surface area contributed by atoms with Gasteiger partial charge in [-0.3, -0.25) is 4.79 Å². The third kappa shape index (κ3) is 4.31. The molecule has 0 saturated carbocycles. The van der Waals surface area contributed by atoms with Crippen molar-refractivity contribution >= 4 is 21.4 Å². The Labute approximate surface area is 154 Å². The highest BCUT2D eigenvalue weighted by molar-refractivity contribution is 7.90. The van der Waals surface area contributed by atoms with E-state index in [1.807, 2.05) is 12.1 Å². The summed E-state index contributed by atoms with van der Waals surface area (Å²) in [5.41, 5.74) is 3.10. The summed E-state index contributed by atoms with van der Waals surface area (Å²) in [6.07, 6.45) is 3.39. The molecule has 0 spiro atoms. The van der Waals surface area contributed by atoms with E-state index in [2.05, 4.69) is 22.8 Å². The fourth-order valence-electron chi connectivity index (χ4n) is 3.27. The number of aryl methyl sites for hydroxylation is 1.